The molecule has 2 N–H and O–H groups in total. The molecule has 37 heavy (non-hydrogen) atoms. The maximum absolute atomic E-state index is 12.5. The van der Waals surface area contributed by atoms with Crippen molar-refractivity contribution in [1.29, 1.82) is 0 Å². The van der Waals surface area contributed by atoms with Crippen LogP contribution in [0.4, 0.5) is 0 Å². The number of carbonyl (C=O) groups excluding carboxylic acids is 1. The molecular weight excluding hydrogens is 464 g/mol. The number of aliphatic hydroxyl groups excluding tert-OH is 2. The minimum absolute atomic E-state index is 0.134. The average Bonchev–Trinajstić information content (AvgIpc) is 3.26. The van der Waals surface area contributed by atoms with Crippen LogP contribution in [0.15, 0.2) is 30.3 Å². The smallest absolute Gasteiger partial charge is 0.306 e. The van der Waals surface area contributed by atoms with Gasteiger partial charge in [0.25, 0.3) is 0 Å². The van der Waals surface area contributed by atoms with Crippen LogP contribution in [0, 0.1) is 46.3 Å². The third-order valence-corrected chi connectivity index (χ3v) is 11.8. The molecule has 11 atom stereocenters. The van der Waals surface area contributed by atoms with Gasteiger partial charge in [-0.3, -0.25) is 4.79 Å². The molecule has 5 rings (SSSR count). The lowest BCUT2D eigenvalue weighted by Crippen LogP contribution is -2.62. The molecule has 0 radical (unpaired) electrons. The fourth-order valence-electron chi connectivity index (χ4n) is 9.71. The second-order valence-corrected chi connectivity index (χ2v) is 13.4. The highest BCUT2D eigenvalue weighted by Gasteiger charge is 2.66. The first-order valence-electron chi connectivity index (χ1n) is 14.8. The fourth-order valence-corrected chi connectivity index (χ4v) is 9.71. The van der Waals surface area contributed by atoms with Gasteiger partial charge in [0, 0.05) is 13.5 Å². The number of carbonyl (C=O) groups is 1. The Morgan fingerprint density at radius 3 is 2.54 bits per heavy atom. The zero-order valence-corrected chi connectivity index (χ0v) is 23.3. The summed E-state index contributed by atoms with van der Waals surface area (Å²) in [6, 6.07) is 9.83. The number of hydrogen-bond donors (Lipinski definition) is 2. The lowest BCUT2D eigenvalue weighted by Gasteiger charge is -2.64. The number of benzene rings is 1. The molecule has 4 saturated carbocycles. The van der Waals surface area contributed by atoms with Gasteiger partial charge in [0.2, 0.25) is 0 Å². The van der Waals surface area contributed by atoms with E-state index < -0.39 is 0 Å². The van der Waals surface area contributed by atoms with Crippen molar-refractivity contribution in [3.8, 4) is 0 Å². The molecule has 5 heteroatoms. The standard InChI is InChI=1S/C32H48O5/c1-20(10-13-29(35)37-19-21-8-6-5-7-9-21)24-11-12-25-30-26(18-28(34)32(24,25)3)31(2)15-14-23(33)16-22(31)17-27(30)36-4/h5-9,20,22-28,30,33-34H,10-19H2,1-4H3/t20-,22+,23-,24-,25+,26+,27-,28+,30+,31+,32-/m1/s1. The Morgan fingerprint density at radius 1 is 1.05 bits per heavy atom. The van der Waals surface area contributed by atoms with Crippen molar-refractivity contribution < 1.29 is 24.5 Å². The predicted molar refractivity (Wildman–Crippen MR) is 143 cm³/mol. The monoisotopic (exact) mass is 512 g/mol. The van der Waals surface area contributed by atoms with Crippen LogP contribution in [0.1, 0.15) is 84.1 Å². The normalized spacial score (nSPS) is 43.8. The number of rotatable bonds is 7. The summed E-state index contributed by atoms with van der Waals surface area (Å²) in [7, 11) is 1.86. The molecule has 0 unspecified atom stereocenters. The fraction of sp³-hybridized carbons (Fsp3) is 0.781. The van der Waals surface area contributed by atoms with Crippen LogP contribution in [0.2, 0.25) is 0 Å². The molecule has 1 aromatic carbocycles. The van der Waals surface area contributed by atoms with Crippen molar-refractivity contribution in [2.75, 3.05) is 7.11 Å². The van der Waals surface area contributed by atoms with Gasteiger partial charge in [-0.1, -0.05) is 51.1 Å². The van der Waals surface area contributed by atoms with Gasteiger partial charge in [-0.05, 0) is 103 Å². The molecule has 0 bridgehead atoms. The highest BCUT2D eigenvalue weighted by molar-refractivity contribution is 5.69. The number of esters is 1. The zero-order valence-electron chi connectivity index (χ0n) is 23.3. The van der Waals surface area contributed by atoms with Crippen LogP contribution in [0.25, 0.3) is 0 Å². The van der Waals surface area contributed by atoms with Crippen LogP contribution in [-0.2, 0) is 20.9 Å². The van der Waals surface area contributed by atoms with Crippen LogP contribution in [0.5, 0.6) is 0 Å². The molecule has 5 nitrogen and oxygen atoms in total. The third-order valence-electron chi connectivity index (χ3n) is 11.8. The first-order chi connectivity index (χ1) is 17.7. The van der Waals surface area contributed by atoms with Gasteiger partial charge in [0.1, 0.15) is 6.61 Å². The highest BCUT2D eigenvalue weighted by atomic mass is 16.5. The Hall–Kier alpha value is -1.43. The second-order valence-electron chi connectivity index (χ2n) is 13.4. The topological polar surface area (TPSA) is 76.0 Å². The van der Waals surface area contributed by atoms with E-state index in [1.807, 2.05) is 37.4 Å². The Balaban J connectivity index is 1.27. The molecule has 4 aliphatic rings. The largest absolute Gasteiger partial charge is 0.461 e. The van der Waals surface area contributed by atoms with Crippen LogP contribution in [0.3, 0.4) is 0 Å². The molecule has 4 fully saturated rings. The molecule has 1 aromatic rings. The highest BCUT2D eigenvalue weighted by Crippen LogP contribution is 2.68. The first kappa shape index (κ1) is 27.1. The summed E-state index contributed by atoms with van der Waals surface area (Å²) >= 11 is 0. The minimum atomic E-state index is -0.335. The summed E-state index contributed by atoms with van der Waals surface area (Å²) in [4.78, 5) is 12.5. The van der Waals surface area contributed by atoms with Gasteiger partial charge in [0.15, 0.2) is 0 Å². The minimum Gasteiger partial charge on any atom is -0.461 e. The van der Waals surface area contributed by atoms with E-state index in [0.717, 1.165) is 56.9 Å². The van der Waals surface area contributed by atoms with Crippen molar-refractivity contribution in [3.63, 3.8) is 0 Å². The van der Waals surface area contributed by atoms with Gasteiger partial charge < -0.3 is 19.7 Å². The van der Waals surface area contributed by atoms with Crippen molar-refractivity contribution in [2.24, 2.45) is 46.3 Å². The van der Waals surface area contributed by atoms with Crippen LogP contribution < -0.4 is 0 Å². The molecular formula is C32H48O5. The zero-order chi connectivity index (χ0) is 26.4. The maximum Gasteiger partial charge on any atom is 0.306 e. The van der Waals surface area contributed by atoms with Crippen molar-refractivity contribution >= 4 is 5.97 Å². The van der Waals surface area contributed by atoms with E-state index in [0.29, 0.717) is 48.5 Å². The molecule has 0 heterocycles. The quantitative estimate of drug-likeness (QED) is 0.454. The van der Waals surface area contributed by atoms with Gasteiger partial charge >= 0.3 is 5.97 Å². The van der Waals surface area contributed by atoms with Crippen molar-refractivity contribution in [2.45, 2.75) is 103 Å². The van der Waals surface area contributed by atoms with Gasteiger partial charge in [-0.15, -0.1) is 0 Å². The average molecular weight is 513 g/mol. The van der Waals surface area contributed by atoms with Gasteiger partial charge in [-0.2, -0.15) is 0 Å². The number of hydrogen-bond acceptors (Lipinski definition) is 5. The summed E-state index contributed by atoms with van der Waals surface area (Å²) in [5.41, 5.74) is 1.04. The lowest BCUT2D eigenvalue weighted by molar-refractivity contribution is -0.212. The van der Waals surface area contributed by atoms with E-state index in [-0.39, 0.29) is 35.1 Å². The van der Waals surface area contributed by atoms with E-state index in [9.17, 15) is 15.0 Å². The molecule has 0 amide bonds. The predicted octanol–water partition coefficient (Wildman–Crippen LogP) is 5.76. The van der Waals surface area contributed by atoms with E-state index in [2.05, 4.69) is 20.8 Å². The number of methoxy groups -OCH3 is 1. The summed E-state index contributed by atoms with van der Waals surface area (Å²) in [6.45, 7) is 7.38. The molecule has 0 saturated heterocycles. The van der Waals surface area contributed by atoms with Gasteiger partial charge in [0.05, 0.1) is 18.3 Å². The summed E-state index contributed by atoms with van der Waals surface area (Å²) in [5, 5.41) is 22.2. The number of aliphatic hydroxyl groups is 2. The van der Waals surface area contributed by atoms with E-state index in [1.165, 1.54) is 0 Å². The Labute approximate surface area is 223 Å². The molecule has 0 spiro atoms. The van der Waals surface area contributed by atoms with Crippen molar-refractivity contribution in [3.05, 3.63) is 35.9 Å². The SMILES string of the molecule is CO[C@@H]1C[C@@H]2C[C@H](O)CC[C@]2(C)[C@H]2C[C@H](O)[C@]3(C)[C@@H]([C@H](C)CCC(=O)OCc4ccccc4)CC[C@H]3[C@H]12. The Kier molecular flexibility index (Phi) is 7.79. The molecule has 0 aromatic heterocycles. The van der Waals surface area contributed by atoms with E-state index in [4.69, 9.17) is 9.47 Å². The Morgan fingerprint density at radius 2 is 1.81 bits per heavy atom. The summed E-state index contributed by atoms with van der Waals surface area (Å²) in [5.74, 6) is 2.42. The van der Waals surface area contributed by atoms with E-state index >= 15 is 0 Å². The molecule has 4 aliphatic carbocycles. The molecule has 0 aliphatic heterocycles. The Bertz CT molecular complexity index is 934. The first-order valence-corrected chi connectivity index (χ1v) is 14.8. The van der Waals surface area contributed by atoms with Gasteiger partial charge in [-0.25, -0.2) is 0 Å². The van der Waals surface area contributed by atoms with E-state index in [1.54, 1.807) is 0 Å². The van der Waals surface area contributed by atoms with Crippen LogP contribution >= 0.6 is 0 Å². The molecule has 206 valence electrons. The number of fused-ring (bicyclic) bond motifs is 5. The van der Waals surface area contributed by atoms with Crippen LogP contribution in [-0.4, -0.2) is 41.6 Å². The third kappa shape index (κ3) is 4.78. The summed E-state index contributed by atoms with van der Waals surface area (Å²) < 4.78 is 11.7. The second kappa shape index (κ2) is 10.6. The van der Waals surface area contributed by atoms with Crippen molar-refractivity contribution in [1.82, 2.24) is 0 Å². The summed E-state index contributed by atoms with van der Waals surface area (Å²) in [6.07, 6.45) is 7.81. The lowest BCUT2D eigenvalue weighted by atomic mass is 9.43. The number of ether oxygens (including phenoxy) is 2. The maximum atomic E-state index is 12.5.